The molecular weight excluding hydrogens is 252 g/mol. The van der Waals surface area contributed by atoms with Gasteiger partial charge in [0.2, 0.25) is 0 Å². The molecule has 0 heterocycles. The predicted molar refractivity (Wildman–Crippen MR) is 98.9 cm³/mol. The third-order valence-corrected chi connectivity index (χ3v) is 4.93. The van der Waals surface area contributed by atoms with Crippen LogP contribution in [0.3, 0.4) is 0 Å². The molecule has 0 N–H and O–H groups in total. The largest absolute Gasteiger partial charge is 0.0651 e. The molecule has 128 valence electrons. The van der Waals surface area contributed by atoms with Gasteiger partial charge in [-0.25, -0.2) is 0 Å². The monoisotopic (exact) mass is 296 g/mol. The minimum atomic E-state index is 0.898. The van der Waals surface area contributed by atoms with Crippen molar-refractivity contribution in [3.8, 4) is 0 Å². The Labute approximate surface area is 136 Å². The molecule has 0 spiro atoms. The summed E-state index contributed by atoms with van der Waals surface area (Å²) < 4.78 is 0. The molecule has 0 saturated carbocycles. The fraction of sp³-hybridized carbons (Fsp3) is 1.00. The lowest BCUT2D eigenvalue weighted by Gasteiger charge is -2.07. The van der Waals surface area contributed by atoms with E-state index in [2.05, 4.69) is 27.7 Å². The fourth-order valence-electron chi connectivity index (χ4n) is 3.02. The van der Waals surface area contributed by atoms with Crippen molar-refractivity contribution in [2.75, 3.05) is 0 Å². The zero-order valence-electron chi connectivity index (χ0n) is 15.8. The number of rotatable bonds is 16. The molecule has 0 heteroatoms. The van der Waals surface area contributed by atoms with E-state index in [9.17, 15) is 0 Å². The van der Waals surface area contributed by atoms with E-state index < -0.39 is 0 Å². The molecule has 0 fully saturated rings. The summed E-state index contributed by atoms with van der Waals surface area (Å²) in [7, 11) is 0. The quantitative estimate of drug-likeness (QED) is 0.252. The Morgan fingerprint density at radius 1 is 0.476 bits per heavy atom. The lowest BCUT2D eigenvalue weighted by atomic mass is 9.99. The van der Waals surface area contributed by atoms with Crippen LogP contribution in [-0.2, 0) is 0 Å². The van der Waals surface area contributed by atoms with Crippen molar-refractivity contribution in [2.24, 2.45) is 11.8 Å². The molecule has 1 unspecified atom stereocenters. The van der Waals surface area contributed by atoms with Gasteiger partial charge >= 0.3 is 0 Å². The topological polar surface area (TPSA) is 0 Å². The average molecular weight is 297 g/mol. The Balaban J connectivity index is 2.99. The maximum absolute atomic E-state index is 2.39. The van der Waals surface area contributed by atoms with E-state index in [1.54, 1.807) is 0 Å². The summed E-state index contributed by atoms with van der Waals surface area (Å²) in [5.41, 5.74) is 0. The summed E-state index contributed by atoms with van der Waals surface area (Å²) in [5, 5.41) is 0. The third-order valence-electron chi connectivity index (χ3n) is 4.93. The van der Waals surface area contributed by atoms with Crippen LogP contribution in [0.4, 0.5) is 0 Å². The summed E-state index contributed by atoms with van der Waals surface area (Å²) in [6, 6.07) is 0. The van der Waals surface area contributed by atoms with Crippen LogP contribution >= 0.6 is 0 Å². The molecule has 0 aromatic heterocycles. The summed E-state index contributed by atoms with van der Waals surface area (Å²) in [6.07, 6.45) is 21.9. The molecule has 0 aliphatic heterocycles. The van der Waals surface area contributed by atoms with E-state index in [1.807, 2.05) is 0 Å². The normalized spacial score (nSPS) is 13.0. The van der Waals surface area contributed by atoms with Gasteiger partial charge in [0, 0.05) is 0 Å². The minimum absolute atomic E-state index is 0.898. The van der Waals surface area contributed by atoms with Gasteiger partial charge in [0.05, 0.1) is 0 Å². The lowest BCUT2D eigenvalue weighted by Crippen LogP contribution is -1.91. The SMILES string of the molecule is CCC(C)CCCCCCCCCCCCCCC(C)C. The Morgan fingerprint density at radius 2 is 0.810 bits per heavy atom. The maximum atomic E-state index is 2.39. The van der Waals surface area contributed by atoms with Crippen LogP contribution in [0.15, 0.2) is 0 Å². The van der Waals surface area contributed by atoms with Crippen molar-refractivity contribution in [3.05, 3.63) is 0 Å². The maximum Gasteiger partial charge on any atom is -0.0445 e. The van der Waals surface area contributed by atoms with Gasteiger partial charge in [-0.15, -0.1) is 0 Å². The van der Waals surface area contributed by atoms with Crippen molar-refractivity contribution in [3.63, 3.8) is 0 Å². The van der Waals surface area contributed by atoms with E-state index in [-0.39, 0.29) is 0 Å². The van der Waals surface area contributed by atoms with Crippen LogP contribution in [0, 0.1) is 11.8 Å². The van der Waals surface area contributed by atoms with Gasteiger partial charge in [-0.05, 0) is 11.8 Å². The van der Waals surface area contributed by atoms with Gasteiger partial charge in [0.15, 0.2) is 0 Å². The van der Waals surface area contributed by atoms with Crippen molar-refractivity contribution < 1.29 is 0 Å². The van der Waals surface area contributed by atoms with E-state index in [1.165, 1.54) is 96.3 Å². The van der Waals surface area contributed by atoms with Crippen LogP contribution in [0.25, 0.3) is 0 Å². The minimum Gasteiger partial charge on any atom is -0.0651 e. The molecule has 0 radical (unpaired) electrons. The van der Waals surface area contributed by atoms with Gasteiger partial charge < -0.3 is 0 Å². The Hall–Kier alpha value is 0. The Bertz CT molecular complexity index is 182. The smallest absolute Gasteiger partial charge is 0.0445 e. The highest BCUT2D eigenvalue weighted by Gasteiger charge is 1.98. The van der Waals surface area contributed by atoms with Gasteiger partial charge in [-0.1, -0.05) is 124 Å². The van der Waals surface area contributed by atoms with Gasteiger partial charge in [-0.3, -0.25) is 0 Å². The lowest BCUT2D eigenvalue weighted by molar-refractivity contribution is 0.468. The van der Waals surface area contributed by atoms with E-state index in [4.69, 9.17) is 0 Å². The molecule has 0 nitrogen and oxygen atoms in total. The first kappa shape index (κ1) is 21.0. The zero-order valence-corrected chi connectivity index (χ0v) is 15.8. The molecule has 0 aromatic rings. The standard InChI is InChI=1S/C21H44/c1-5-21(4)19-17-15-13-11-9-7-6-8-10-12-14-16-18-20(2)3/h20-21H,5-19H2,1-4H3. The van der Waals surface area contributed by atoms with Crippen LogP contribution in [-0.4, -0.2) is 0 Å². The molecule has 0 aliphatic carbocycles. The van der Waals surface area contributed by atoms with E-state index in [0.717, 1.165) is 11.8 Å². The Kier molecular flexibility index (Phi) is 16.4. The van der Waals surface area contributed by atoms with Gasteiger partial charge in [-0.2, -0.15) is 0 Å². The molecule has 0 rings (SSSR count). The fourth-order valence-corrected chi connectivity index (χ4v) is 3.02. The summed E-state index contributed by atoms with van der Waals surface area (Å²) in [4.78, 5) is 0. The highest BCUT2D eigenvalue weighted by atomic mass is 14.0. The first-order valence-corrected chi connectivity index (χ1v) is 10.2. The van der Waals surface area contributed by atoms with Crippen molar-refractivity contribution in [2.45, 2.75) is 124 Å². The number of hydrogen-bond acceptors (Lipinski definition) is 0. The summed E-state index contributed by atoms with van der Waals surface area (Å²) in [6.45, 7) is 9.38. The molecule has 0 amide bonds. The zero-order chi connectivity index (χ0) is 15.8. The first-order valence-electron chi connectivity index (χ1n) is 10.2. The molecule has 0 aromatic carbocycles. The van der Waals surface area contributed by atoms with Gasteiger partial charge in [0.25, 0.3) is 0 Å². The first-order chi connectivity index (χ1) is 10.2. The second-order valence-corrected chi connectivity index (χ2v) is 7.73. The van der Waals surface area contributed by atoms with Crippen molar-refractivity contribution in [1.82, 2.24) is 0 Å². The average Bonchev–Trinajstić information content (AvgIpc) is 2.46. The second kappa shape index (κ2) is 16.4. The summed E-state index contributed by atoms with van der Waals surface area (Å²) in [5.74, 6) is 1.85. The van der Waals surface area contributed by atoms with Crippen LogP contribution < -0.4 is 0 Å². The van der Waals surface area contributed by atoms with Crippen LogP contribution in [0.2, 0.25) is 0 Å². The highest BCUT2D eigenvalue weighted by molar-refractivity contribution is 4.53. The summed E-state index contributed by atoms with van der Waals surface area (Å²) >= 11 is 0. The molecular formula is C21H44. The highest BCUT2D eigenvalue weighted by Crippen LogP contribution is 2.16. The Morgan fingerprint density at radius 3 is 1.14 bits per heavy atom. The molecule has 1 atom stereocenters. The van der Waals surface area contributed by atoms with Gasteiger partial charge in [0.1, 0.15) is 0 Å². The third kappa shape index (κ3) is 18.0. The molecule has 0 aliphatic rings. The second-order valence-electron chi connectivity index (χ2n) is 7.73. The molecule has 0 bridgehead atoms. The van der Waals surface area contributed by atoms with Crippen LogP contribution in [0.1, 0.15) is 124 Å². The van der Waals surface area contributed by atoms with E-state index >= 15 is 0 Å². The predicted octanol–water partition coefficient (Wildman–Crippen LogP) is 8.15. The van der Waals surface area contributed by atoms with E-state index in [0.29, 0.717) is 0 Å². The molecule has 21 heavy (non-hydrogen) atoms. The van der Waals surface area contributed by atoms with Crippen molar-refractivity contribution >= 4 is 0 Å². The number of hydrogen-bond donors (Lipinski definition) is 0. The van der Waals surface area contributed by atoms with Crippen molar-refractivity contribution in [1.29, 1.82) is 0 Å². The molecule has 0 saturated heterocycles. The number of unbranched alkanes of at least 4 members (excludes halogenated alkanes) is 11. The van der Waals surface area contributed by atoms with Crippen LogP contribution in [0.5, 0.6) is 0 Å².